The van der Waals surface area contributed by atoms with Gasteiger partial charge in [-0.15, -0.1) is 0 Å². The minimum Gasteiger partial charge on any atom is -0.379 e. The first-order chi connectivity index (χ1) is 6.64. The molecule has 1 aliphatic heterocycles. The van der Waals surface area contributed by atoms with Crippen molar-refractivity contribution in [2.75, 3.05) is 39.9 Å². The van der Waals surface area contributed by atoms with E-state index in [2.05, 4.69) is 36.0 Å². The minimum absolute atomic E-state index is 0.0559. The molecule has 0 unspecified atom stereocenters. The van der Waals surface area contributed by atoms with Crippen LogP contribution < -0.4 is 5.32 Å². The van der Waals surface area contributed by atoms with Gasteiger partial charge in [-0.2, -0.15) is 0 Å². The molecule has 0 amide bonds. The molecule has 0 radical (unpaired) electrons. The van der Waals surface area contributed by atoms with Crippen LogP contribution in [0.3, 0.4) is 0 Å². The first-order valence-corrected chi connectivity index (χ1v) is 5.13. The van der Waals surface area contributed by atoms with Crippen LogP contribution in [-0.2, 0) is 4.74 Å². The Morgan fingerprint density at radius 1 is 1.36 bits per heavy atom. The summed E-state index contributed by atoms with van der Waals surface area (Å²) in [5.41, 5.74) is 0.0559. The lowest BCUT2D eigenvalue weighted by molar-refractivity contribution is 0.0277. The van der Waals surface area contributed by atoms with Gasteiger partial charge >= 0.3 is 0 Å². The van der Waals surface area contributed by atoms with E-state index in [1.807, 2.05) is 7.05 Å². The Hall–Kier alpha value is -0.720. The second-order valence-corrected chi connectivity index (χ2v) is 4.27. The molecule has 1 fully saturated rings. The van der Waals surface area contributed by atoms with E-state index >= 15 is 0 Å². The Bertz CT molecular complexity index is 221. The molecule has 1 N–H and O–H groups in total. The minimum atomic E-state index is 0.0559. The highest BCUT2D eigenvalue weighted by molar-refractivity contribution is 5.08. The number of nitrogens with zero attached hydrogens (tertiary/aromatic N) is 1. The molecular weight excluding hydrogens is 176 g/mol. The summed E-state index contributed by atoms with van der Waals surface area (Å²) in [6.45, 7) is 9.14. The van der Waals surface area contributed by atoms with Crippen molar-refractivity contribution in [2.24, 2.45) is 5.41 Å². The Morgan fingerprint density at radius 3 is 2.57 bits per heavy atom. The third kappa shape index (κ3) is 3.99. The van der Waals surface area contributed by atoms with E-state index in [-0.39, 0.29) is 5.41 Å². The number of hydrogen-bond donors (Lipinski definition) is 1. The predicted octanol–water partition coefficient (Wildman–Crippen LogP) is 0.525. The Kier molecular flexibility index (Phi) is 4.24. The summed E-state index contributed by atoms with van der Waals surface area (Å²) in [4.78, 5) is 2.41. The summed E-state index contributed by atoms with van der Waals surface area (Å²) in [7, 11) is 1.85. The van der Waals surface area contributed by atoms with Gasteiger partial charge in [0.25, 0.3) is 0 Å². The average Bonchev–Trinajstić information content (AvgIpc) is 2.16. The van der Waals surface area contributed by atoms with Crippen molar-refractivity contribution in [1.82, 2.24) is 10.2 Å². The number of ether oxygens (including phenoxy) is 1. The van der Waals surface area contributed by atoms with Crippen LogP contribution in [0.25, 0.3) is 0 Å². The van der Waals surface area contributed by atoms with Crippen LogP contribution in [0.5, 0.6) is 0 Å². The zero-order valence-electron chi connectivity index (χ0n) is 9.39. The molecule has 0 aromatic heterocycles. The third-order valence-corrected chi connectivity index (χ3v) is 2.25. The summed E-state index contributed by atoms with van der Waals surface area (Å²) in [6, 6.07) is 2.92. The number of nitrogens with one attached hydrogen (secondary N) is 1. The lowest BCUT2D eigenvalue weighted by atomic mass is 9.94. The maximum absolute atomic E-state index is 5.31. The number of morpholine rings is 1. The van der Waals surface area contributed by atoms with Gasteiger partial charge < -0.3 is 10.1 Å². The summed E-state index contributed by atoms with van der Waals surface area (Å²) < 4.78 is 5.31. The molecule has 14 heavy (non-hydrogen) atoms. The monoisotopic (exact) mass is 196 g/mol. The average molecular weight is 196 g/mol. The highest BCUT2D eigenvalue weighted by Gasteiger charge is 2.20. The van der Waals surface area contributed by atoms with E-state index in [0.29, 0.717) is 0 Å². The molecule has 0 spiro atoms. The largest absolute Gasteiger partial charge is 0.379 e. The molecule has 1 rings (SSSR count). The van der Waals surface area contributed by atoms with E-state index in [4.69, 9.17) is 4.74 Å². The first-order valence-electron chi connectivity index (χ1n) is 5.13. The quantitative estimate of drug-likeness (QED) is 0.515. The maximum atomic E-state index is 5.31. The van der Waals surface area contributed by atoms with Crippen LogP contribution in [0.15, 0.2) is 0 Å². The van der Waals surface area contributed by atoms with E-state index in [1.165, 1.54) is 0 Å². The zero-order chi connectivity index (χ0) is 10.4. The molecule has 3 nitrogen and oxygen atoms in total. The summed E-state index contributed by atoms with van der Waals surface area (Å²) in [5.74, 6) is 3.21. The molecule has 1 saturated heterocycles. The van der Waals surface area contributed by atoms with Crippen molar-refractivity contribution in [3.05, 3.63) is 0 Å². The van der Waals surface area contributed by atoms with Crippen LogP contribution in [0.2, 0.25) is 0 Å². The van der Waals surface area contributed by atoms with E-state index in [0.717, 1.165) is 32.8 Å². The van der Waals surface area contributed by atoms with E-state index < -0.39 is 0 Å². The number of hydrogen-bond acceptors (Lipinski definition) is 3. The molecule has 1 heterocycles. The normalized spacial score (nSPS) is 18.5. The van der Waals surface area contributed by atoms with Gasteiger partial charge in [-0.05, 0) is 13.8 Å². The van der Waals surface area contributed by atoms with Gasteiger partial charge in [0.05, 0.1) is 13.2 Å². The molecule has 0 atom stereocenters. The van der Waals surface area contributed by atoms with Gasteiger partial charge in [-0.25, -0.2) is 0 Å². The third-order valence-electron chi connectivity index (χ3n) is 2.25. The van der Waals surface area contributed by atoms with E-state index in [9.17, 15) is 0 Å². The van der Waals surface area contributed by atoms with Gasteiger partial charge in [-0.1, -0.05) is 5.92 Å². The lowest BCUT2D eigenvalue weighted by Gasteiger charge is -2.31. The SMILES string of the molecule is CNC#CC(C)(C)CN1CCOCC1. The van der Waals surface area contributed by atoms with Gasteiger partial charge in [-0.3, -0.25) is 4.90 Å². The standard InChI is InChI=1S/C11H20N2O/c1-11(2,4-5-12-3)10-13-6-8-14-9-7-13/h12H,6-10H2,1-3H3. The van der Waals surface area contributed by atoms with Crippen LogP contribution in [0.1, 0.15) is 13.8 Å². The maximum Gasteiger partial charge on any atom is 0.0594 e. The predicted molar refractivity (Wildman–Crippen MR) is 57.9 cm³/mol. The molecular formula is C11H20N2O. The Balaban J connectivity index is 2.40. The second kappa shape index (κ2) is 5.23. The van der Waals surface area contributed by atoms with Crippen LogP contribution in [-0.4, -0.2) is 44.8 Å². The van der Waals surface area contributed by atoms with Crippen molar-refractivity contribution in [3.63, 3.8) is 0 Å². The van der Waals surface area contributed by atoms with Gasteiger partial charge in [0.2, 0.25) is 0 Å². The highest BCUT2D eigenvalue weighted by atomic mass is 16.5. The van der Waals surface area contributed by atoms with Crippen molar-refractivity contribution in [2.45, 2.75) is 13.8 Å². The van der Waals surface area contributed by atoms with Crippen molar-refractivity contribution in [1.29, 1.82) is 0 Å². The molecule has 0 aromatic rings. The second-order valence-electron chi connectivity index (χ2n) is 4.27. The summed E-state index contributed by atoms with van der Waals surface area (Å²) in [6.07, 6.45) is 0. The lowest BCUT2D eigenvalue weighted by Crippen LogP contribution is -2.41. The van der Waals surface area contributed by atoms with Crippen molar-refractivity contribution >= 4 is 0 Å². The topological polar surface area (TPSA) is 24.5 Å². The molecule has 3 heteroatoms. The van der Waals surface area contributed by atoms with Gasteiger partial charge in [0, 0.05) is 38.1 Å². The molecule has 0 saturated carbocycles. The molecule has 0 aliphatic carbocycles. The van der Waals surface area contributed by atoms with Gasteiger partial charge in [0.1, 0.15) is 0 Å². The van der Waals surface area contributed by atoms with Crippen LogP contribution in [0, 0.1) is 17.4 Å². The molecule has 0 aromatic carbocycles. The van der Waals surface area contributed by atoms with E-state index in [1.54, 1.807) is 0 Å². The highest BCUT2D eigenvalue weighted by Crippen LogP contribution is 2.16. The first kappa shape index (κ1) is 11.4. The van der Waals surface area contributed by atoms with Gasteiger partial charge in [0.15, 0.2) is 0 Å². The fourth-order valence-corrected chi connectivity index (χ4v) is 1.59. The number of rotatable bonds is 2. The smallest absolute Gasteiger partial charge is 0.0594 e. The zero-order valence-corrected chi connectivity index (χ0v) is 9.39. The fourth-order valence-electron chi connectivity index (χ4n) is 1.59. The van der Waals surface area contributed by atoms with Crippen molar-refractivity contribution < 1.29 is 4.74 Å². The molecule has 1 aliphatic rings. The summed E-state index contributed by atoms with van der Waals surface area (Å²) >= 11 is 0. The molecule has 0 bridgehead atoms. The van der Waals surface area contributed by atoms with Crippen LogP contribution >= 0.6 is 0 Å². The fraction of sp³-hybridized carbons (Fsp3) is 0.818. The molecule has 80 valence electrons. The Morgan fingerprint density at radius 2 is 2.00 bits per heavy atom. The van der Waals surface area contributed by atoms with Crippen LogP contribution in [0.4, 0.5) is 0 Å². The van der Waals surface area contributed by atoms with Crippen molar-refractivity contribution in [3.8, 4) is 12.0 Å². The Labute approximate surface area is 86.8 Å². The summed E-state index contributed by atoms with van der Waals surface area (Å²) in [5, 5.41) is 2.86.